The Hall–Kier alpha value is -2.88. The highest BCUT2D eigenvalue weighted by Crippen LogP contribution is 2.43. The Morgan fingerprint density at radius 2 is 1.85 bits per heavy atom. The SMILES string of the molecule is C=C(C=CC(=CC)C1=CC2C=C(CO)C=C2C(C2CCOCC2)=C1)CCc1ccc(OC)cc1. The summed E-state index contributed by atoms with van der Waals surface area (Å²) in [7, 11) is 1.69. The van der Waals surface area contributed by atoms with Gasteiger partial charge in [-0.25, -0.2) is 0 Å². The van der Waals surface area contributed by atoms with Crippen LogP contribution in [0.25, 0.3) is 0 Å². The highest BCUT2D eigenvalue weighted by atomic mass is 16.5. The van der Waals surface area contributed by atoms with Gasteiger partial charge in [0.25, 0.3) is 0 Å². The molecule has 1 atom stereocenters. The van der Waals surface area contributed by atoms with Crippen LogP contribution in [0, 0.1) is 11.8 Å². The lowest BCUT2D eigenvalue weighted by Gasteiger charge is -2.30. The Bertz CT molecular complexity index is 1070. The van der Waals surface area contributed by atoms with Gasteiger partial charge in [0.15, 0.2) is 0 Å². The van der Waals surface area contributed by atoms with Gasteiger partial charge < -0.3 is 14.6 Å². The summed E-state index contributed by atoms with van der Waals surface area (Å²) in [6, 6.07) is 8.24. The molecule has 0 saturated carbocycles. The number of methoxy groups -OCH3 is 1. The molecule has 0 aromatic heterocycles. The van der Waals surface area contributed by atoms with Crippen molar-refractivity contribution in [1.29, 1.82) is 0 Å². The minimum atomic E-state index is 0.0919. The van der Waals surface area contributed by atoms with Crippen molar-refractivity contribution < 1.29 is 14.6 Å². The molecular weight excluding hydrogens is 420 g/mol. The molecule has 3 nitrogen and oxygen atoms in total. The molecule has 1 aliphatic heterocycles. The van der Waals surface area contributed by atoms with Crippen molar-refractivity contribution in [3.05, 3.63) is 112 Å². The second-order valence-corrected chi connectivity index (χ2v) is 9.22. The molecule has 2 aliphatic carbocycles. The topological polar surface area (TPSA) is 38.7 Å². The van der Waals surface area contributed by atoms with E-state index in [-0.39, 0.29) is 12.5 Å². The molecule has 0 radical (unpaired) electrons. The largest absolute Gasteiger partial charge is 0.497 e. The molecule has 34 heavy (non-hydrogen) atoms. The Labute approximate surface area is 204 Å². The molecule has 3 aliphatic rings. The lowest BCUT2D eigenvalue weighted by molar-refractivity contribution is 0.0761. The van der Waals surface area contributed by atoms with Gasteiger partial charge in [0, 0.05) is 19.1 Å². The molecule has 3 heteroatoms. The van der Waals surface area contributed by atoms with Crippen LogP contribution in [-0.2, 0) is 11.2 Å². The Morgan fingerprint density at radius 3 is 2.53 bits per heavy atom. The Morgan fingerprint density at radius 1 is 1.09 bits per heavy atom. The molecule has 1 N–H and O–H groups in total. The van der Waals surface area contributed by atoms with Gasteiger partial charge in [-0.1, -0.05) is 66.8 Å². The van der Waals surface area contributed by atoms with E-state index in [4.69, 9.17) is 9.47 Å². The first-order valence-electron chi connectivity index (χ1n) is 12.3. The van der Waals surface area contributed by atoms with Crippen LogP contribution in [0.5, 0.6) is 5.75 Å². The van der Waals surface area contributed by atoms with Gasteiger partial charge in [0.2, 0.25) is 0 Å². The van der Waals surface area contributed by atoms with Gasteiger partial charge >= 0.3 is 0 Å². The molecule has 178 valence electrons. The third-order valence-electron chi connectivity index (χ3n) is 6.98. The monoisotopic (exact) mass is 456 g/mol. The number of allylic oxidation sites excluding steroid dienone is 11. The Balaban J connectivity index is 1.47. The van der Waals surface area contributed by atoms with Crippen LogP contribution < -0.4 is 4.74 Å². The molecule has 1 aromatic carbocycles. The highest BCUT2D eigenvalue weighted by Gasteiger charge is 2.30. The summed E-state index contributed by atoms with van der Waals surface area (Å²) in [4.78, 5) is 0. The number of benzene rings is 1. The fourth-order valence-electron chi connectivity index (χ4n) is 4.96. The zero-order valence-corrected chi connectivity index (χ0v) is 20.4. The van der Waals surface area contributed by atoms with Crippen molar-refractivity contribution >= 4 is 0 Å². The van der Waals surface area contributed by atoms with Gasteiger partial charge in [0.05, 0.1) is 13.7 Å². The number of aliphatic hydroxyl groups excluding tert-OH is 1. The molecule has 0 bridgehead atoms. The van der Waals surface area contributed by atoms with E-state index in [9.17, 15) is 5.11 Å². The molecule has 1 heterocycles. The van der Waals surface area contributed by atoms with Gasteiger partial charge in [-0.05, 0) is 84.1 Å². The fraction of sp³-hybridized carbons (Fsp3) is 0.355. The van der Waals surface area contributed by atoms with Crippen LogP contribution in [0.2, 0.25) is 0 Å². The molecule has 1 saturated heterocycles. The predicted molar refractivity (Wildman–Crippen MR) is 140 cm³/mol. The second-order valence-electron chi connectivity index (χ2n) is 9.22. The molecular formula is C31H36O3. The third kappa shape index (κ3) is 5.78. The van der Waals surface area contributed by atoms with E-state index >= 15 is 0 Å². The van der Waals surface area contributed by atoms with Gasteiger partial charge in [0.1, 0.15) is 5.75 Å². The van der Waals surface area contributed by atoms with E-state index in [2.05, 4.69) is 68.2 Å². The van der Waals surface area contributed by atoms with Crippen molar-refractivity contribution in [1.82, 2.24) is 0 Å². The van der Waals surface area contributed by atoms with Crippen LogP contribution in [0.3, 0.4) is 0 Å². The molecule has 1 unspecified atom stereocenters. The number of aliphatic hydroxyl groups is 1. The first-order chi connectivity index (χ1) is 16.6. The maximum absolute atomic E-state index is 9.72. The standard InChI is InChI=1S/C31H36O3/c1-4-25(10-6-22(2)5-7-23-8-11-29(33-3)12-9-23)27-19-28-17-24(21-32)18-30(28)31(20-27)26-13-15-34-16-14-26/h4,6,8-12,17-20,26,28,32H,2,5,7,13-16,21H2,1,3H3. The average Bonchev–Trinajstić information content (AvgIpc) is 3.31. The minimum Gasteiger partial charge on any atom is -0.497 e. The molecule has 1 fully saturated rings. The minimum absolute atomic E-state index is 0.0919. The van der Waals surface area contributed by atoms with E-state index in [1.54, 1.807) is 7.11 Å². The summed E-state index contributed by atoms with van der Waals surface area (Å²) >= 11 is 0. The second kappa shape index (κ2) is 11.5. The van der Waals surface area contributed by atoms with Gasteiger partial charge in [-0.2, -0.15) is 0 Å². The zero-order valence-electron chi connectivity index (χ0n) is 20.4. The van der Waals surface area contributed by atoms with E-state index < -0.39 is 0 Å². The number of hydrogen-bond donors (Lipinski definition) is 1. The summed E-state index contributed by atoms with van der Waals surface area (Å²) in [6.45, 7) is 8.12. The van der Waals surface area contributed by atoms with Crippen LogP contribution >= 0.6 is 0 Å². The lowest BCUT2D eigenvalue weighted by atomic mass is 9.77. The average molecular weight is 457 g/mol. The van der Waals surface area contributed by atoms with Crippen LogP contribution in [-0.4, -0.2) is 32.0 Å². The van der Waals surface area contributed by atoms with Crippen molar-refractivity contribution in [3.63, 3.8) is 0 Å². The first-order valence-corrected chi connectivity index (χ1v) is 12.3. The van der Waals surface area contributed by atoms with Crippen molar-refractivity contribution in [2.45, 2.75) is 32.6 Å². The molecule has 4 rings (SSSR count). The summed E-state index contributed by atoms with van der Waals surface area (Å²) in [5, 5.41) is 9.72. The molecule has 0 spiro atoms. The lowest BCUT2D eigenvalue weighted by Crippen LogP contribution is -2.21. The fourth-order valence-corrected chi connectivity index (χ4v) is 4.96. The van der Waals surface area contributed by atoms with E-state index in [0.717, 1.165) is 55.8 Å². The van der Waals surface area contributed by atoms with E-state index in [1.807, 2.05) is 12.1 Å². The van der Waals surface area contributed by atoms with Gasteiger partial charge in [-0.15, -0.1) is 0 Å². The summed E-state index contributed by atoms with van der Waals surface area (Å²) < 4.78 is 10.9. The van der Waals surface area contributed by atoms with E-state index in [0.29, 0.717) is 5.92 Å². The molecule has 1 aromatic rings. The van der Waals surface area contributed by atoms with Crippen molar-refractivity contribution in [2.75, 3.05) is 26.9 Å². The van der Waals surface area contributed by atoms with Crippen molar-refractivity contribution in [2.24, 2.45) is 11.8 Å². The summed E-state index contributed by atoms with van der Waals surface area (Å²) in [5.41, 5.74) is 8.64. The normalized spacial score (nSPS) is 21.0. The number of fused-ring (bicyclic) bond motifs is 1. The quantitative estimate of drug-likeness (QED) is 0.434. The summed E-state index contributed by atoms with van der Waals surface area (Å²) in [6.07, 6.45) is 19.6. The maximum atomic E-state index is 9.72. The Kier molecular flexibility index (Phi) is 8.21. The first kappa shape index (κ1) is 24.3. The maximum Gasteiger partial charge on any atom is 0.118 e. The highest BCUT2D eigenvalue weighted by molar-refractivity contribution is 5.61. The van der Waals surface area contributed by atoms with Gasteiger partial charge in [-0.3, -0.25) is 0 Å². The number of hydrogen-bond acceptors (Lipinski definition) is 3. The summed E-state index contributed by atoms with van der Waals surface area (Å²) in [5.74, 6) is 1.64. The van der Waals surface area contributed by atoms with Crippen LogP contribution in [0.15, 0.2) is 107 Å². The third-order valence-corrected chi connectivity index (χ3v) is 6.98. The predicted octanol–water partition coefficient (Wildman–Crippen LogP) is 6.45. The van der Waals surface area contributed by atoms with Crippen molar-refractivity contribution in [3.8, 4) is 5.75 Å². The molecule has 0 amide bonds. The van der Waals surface area contributed by atoms with Crippen LogP contribution in [0.4, 0.5) is 0 Å². The van der Waals surface area contributed by atoms with Crippen LogP contribution in [0.1, 0.15) is 31.7 Å². The zero-order chi connectivity index (χ0) is 23.9. The van der Waals surface area contributed by atoms with E-state index in [1.165, 1.54) is 27.9 Å². The number of ether oxygens (including phenoxy) is 2. The number of aryl methyl sites for hydroxylation is 1. The smallest absolute Gasteiger partial charge is 0.118 e. The number of rotatable bonds is 9.